The van der Waals surface area contributed by atoms with Gasteiger partial charge >= 0.3 is 0 Å². The predicted molar refractivity (Wildman–Crippen MR) is 264 cm³/mol. The zero-order valence-electron chi connectivity index (χ0n) is 34.9. The monoisotopic (exact) mass is 816 g/mol. The first-order chi connectivity index (χ1) is 31.8. The minimum atomic E-state index is -0.488. The molecule has 3 heteroatoms. The summed E-state index contributed by atoms with van der Waals surface area (Å²) in [6, 6.07) is 88.2. The van der Waals surface area contributed by atoms with Crippen LogP contribution in [0.1, 0.15) is 22.3 Å². The third-order valence-electron chi connectivity index (χ3n) is 13.4. The molecule has 10 aromatic carbocycles. The Morgan fingerprint density at radius 3 is 1.77 bits per heavy atom. The van der Waals surface area contributed by atoms with Gasteiger partial charge in [0.1, 0.15) is 0 Å². The summed E-state index contributed by atoms with van der Waals surface area (Å²) in [5.41, 5.74) is 18.5. The van der Waals surface area contributed by atoms with Crippen molar-refractivity contribution >= 4 is 38.9 Å². The highest BCUT2D eigenvalue weighted by atomic mass is 16.5. The number of benzene rings is 10. The van der Waals surface area contributed by atoms with Gasteiger partial charge in [-0.25, -0.2) is 0 Å². The predicted octanol–water partition coefficient (Wildman–Crippen LogP) is 16.1. The van der Waals surface area contributed by atoms with Crippen molar-refractivity contribution in [3.8, 4) is 50.6 Å². The highest BCUT2D eigenvalue weighted by Crippen LogP contribution is 2.57. The average Bonchev–Trinajstić information content (AvgIpc) is 3.87. The molecule has 64 heavy (non-hydrogen) atoms. The molecule has 0 atom stereocenters. The summed E-state index contributed by atoms with van der Waals surface area (Å²) in [6.07, 6.45) is 0. The lowest BCUT2D eigenvalue weighted by Gasteiger charge is -2.35. The minimum absolute atomic E-state index is 0.488. The molecule has 0 amide bonds. The molecule has 0 saturated heterocycles. The van der Waals surface area contributed by atoms with Gasteiger partial charge in [0.2, 0.25) is 0 Å². The lowest BCUT2D eigenvalue weighted by Crippen LogP contribution is -2.28. The van der Waals surface area contributed by atoms with Crippen LogP contribution < -0.4 is 9.64 Å². The molecular formula is C61H40N2O. The molecule has 3 nitrogen and oxygen atoms in total. The SMILES string of the molecule is c1ccc(N(c2ccc(-c3cccc(-c4cccc5c4c4cccc6c4n5-c4ccccc4O6)c3)cc2)c2ccc3c(c2)C(c2ccccc2)(c2ccccc2)c2ccccc2-3)cc1. The Hall–Kier alpha value is -8.40. The zero-order chi connectivity index (χ0) is 42.2. The molecule has 13 rings (SSSR count). The number of aromatic nitrogens is 1. The number of nitrogens with zero attached hydrogens (tertiary/aromatic N) is 2. The third kappa shape index (κ3) is 5.34. The van der Waals surface area contributed by atoms with E-state index >= 15 is 0 Å². The van der Waals surface area contributed by atoms with Crippen molar-refractivity contribution in [1.29, 1.82) is 0 Å². The van der Waals surface area contributed by atoms with E-state index in [1.54, 1.807) is 0 Å². The van der Waals surface area contributed by atoms with Gasteiger partial charge in [0, 0.05) is 27.8 Å². The molecule has 0 saturated carbocycles. The van der Waals surface area contributed by atoms with Crippen LogP contribution in [0.25, 0.3) is 60.9 Å². The van der Waals surface area contributed by atoms with Crippen molar-refractivity contribution in [2.45, 2.75) is 5.41 Å². The Balaban J connectivity index is 0.925. The quantitative estimate of drug-likeness (QED) is 0.159. The largest absolute Gasteiger partial charge is 0.453 e. The molecule has 2 aliphatic rings. The lowest BCUT2D eigenvalue weighted by molar-refractivity contribution is 0.476. The number of fused-ring (bicyclic) bond motifs is 8. The number of hydrogen-bond acceptors (Lipinski definition) is 2. The average molecular weight is 817 g/mol. The summed E-state index contributed by atoms with van der Waals surface area (Å²) in [5.74, 6) is 1.75. The second-order valence-corrected chi connectivity index (χ2v) is 16.8. The van der Waals surface area contributed by atoms with Gasteiger partial charge in [-0.2, -0.15) is 0 Å². The van der Waals surface area contributed by atoms with Crippen LogP contribution in [0.4, 0.5) is 17.1 Å². The van der Waals surface area contributed by atoms with E-state index < -0.39 is 5.41 Å². The summed E-state index contributed by atoms with van der Waals surface area (Å²) in [5, 5.41) is 2.42. The van der Waals surface area contributed by atoms with Crippen molar-refractivity contribution in [2.24, 2.45) is 0 Å². The van der Waals surface area contributed by atoms with E-state index in [1.807, 2.05) is 12.1 Å². The lowest BCUT2D eigenvalue weighted by atomic mass is 9.67. The Labute approximate surface area is 372 Å². The van der Waals surface area contributed by atoms with Gasteiger partial charge in [0.15, 0.2) is 11.5 Å². The normalized spacial score (nSPS) is 12.9. The van der Waals surface area contributed by atoms with Gasteiger partial charge in [-0.05, 0) is 122 Å². The first-order valence-corrected chi connectivity index (χ1v) is 22.0. The van der Waals surface area contributed by atoms with E-state index in [1.165, 1.54) is 66.4 Å². The summed E-state index contributed by atoms with van der Waals surface area (Å²) >= 11 is 0. The van der Waals surface area contributed by atoms with Gasteiger partial charge in [-0.1, -0.05) is 176 Å². The fourth-order valence-electron chi connectivity index (χ4n) is 10.8. The first-order valence-electron chi connectivity index (χ1n) is 22.0. The molecule has 1 aromatic heterocycles. The maximum atomic E-state index is 6.44. The van der Waals surface area contributed by atoms with Gasteiger partial charge in [-0.15, -0.1) is 0 Å². The number of para-hydroxylation sites is 4. The highest BCUT2D eigenvalue weighted by molar-refractivity contribution is 6.17. The molecule has 0 fully saturated rings. The topological polar surface area (TPSA) is 17.4 Å². The van der Waals surface area contributed by atoms with E-state index in [0.29, 0.717) is 0 Å². The van der Waals surface area contributed by atoms with E-state index in [2.05, 4.69) is 240 Å². The van der Waals surface area contributed by atoms with Crippen molar-refractivity contribution in [3.05, 3.63) is 265 Å². The minimum Gasteiger partial charge on any atom is -0.453 e. The number of anilines is 3. The maximum Gasteiger partial charge on any atom is 0.152 e. The van der Waals surface area contributed by atoms with Gasteiger partial charge in [0.05, 0.1) is 22.1 Å². The standard InChI is InChI=1S/C61H40N2O/c1-4-19-44(20-5-1)61(45-21-6-2-7-22-45)53-28-11-10-25-50(53)51-38-37-48(40-54(51)61)62(46-23-8-3-9-24-46)47-35-33-41(34-36-47)42-17-14-18-43(39-42)49-26-15-30-56-59(49)52-27-16-32-58-60(52)63(56)55-29-12-13-31-57(55)64-58/h1-40H. The van der Waals surface area contributed by atoms with E-state index in [0.717, 1.165) is 45.3 Å². The molecule has 1 aliphatic carbocycles. The Kier molecular flexibility index (Phi) is 8.13. The second kappa shape index (κ2) is 14.3. The Bertz CT molecular complexity index is 3530. The van der Waals surface area contributed by atoms with Crippen LogP contribution in [0, 0.1) is 0 Å². The fourth-order valence-corrected chi connectivity index (χ4v) is 10.8. The Morgan fingerprint density at radius 2 is 0.969 bits per heavy atom. The van der Waals surface area contributed by atoms with Crippen LogP contribution in [-0.4, -0.2) is 4.57 Å². The van der Waals surface area contributed by atoms with Crippen LogP contribution in [0.15, 0.2) is 243 Å². The van der Waals surface area contributed by atoms with Crippen molar-refractivity contribution in [2.75, 3.05) is 4.90 Å². The van der Waals surface area contributed by atoms with E-state index in [4.69, 9.17) is 4.74 Å². The van der Waals surface area contributed by atoms with Gasteiger partial charge in [-0.3, -0.25) is 0 Å². The molecular weight excluding hydrogens is 777 g/mol. The number of hydrogen-bond donors (Lipinski definition) is 0. The van der Waals surface area contributed by atoms with Gasteiger partial charge in [0.25, 0.3) is 0 Å². The first kappa shape index (κ1) is 36.3. The van der Waals surface area contributed by atoms with Crippen molar-refractivity contribution in [1.82, 2.24) is 4.57 Å². The third-order valence-corrected chi connectivity index (χ3v) is 13.4. The molecule has 2 heterocycles. The highest BCUT2D eigenvalue weighted by Gasteiger charge is 2.46. The van der Waals surface area contributed by atoms with Crippen LogP contribution >= 0.6 is 0 Å². The molecule has 0 N–H and O–H groups in total. The number of ether oxygens (including phenoxy) is 1. The summed E-state index contributed by atoms with van der Waals surface area (Å²) in [6.45, 7) is 0. The van der Waals surface area contributed by atoms with Crippen molar-refractivity contribution in [3.63, 3.8) is 0 Å². The maximum absolute atomic E-state index is 6.44. The molecule has 0 unspecified atom stereocenters. The molecule has 1 aliphatic heterocycles. The van der Waals surface area contributed by atoms with Gasteiger partial charge < -0.3 is 14.2 Å². The molecule has 0 spiro atoms. The van der Waals surface area contributed by atoms with Crippen LogP contribution in [0.3, 0.4) is 0 Å². The Morgan fingerprint density at radius 1 is 0.375 bits per heavy atom. The molecule has 11 aromatic rings. The van der Waals surface area contributed by atoms with Crippen molar-refractivity contribution < 1.29 is 4.74 Å². The fraction of sp³-hybridized carbons (Fsp3) is 0.0164. The molecule has 0 radical (unpaired) electrons. The van der Waals surface area contributed by atoms with Crippen LogP contribution in [0.2, 0.25) is 0 Å². The van der Waals surface area contributed by atoms with Crippen LogP contribution in [-0.2, 0) is 5.41 Å². The number of rotatable bonds is 7. The zero-order valence-corrected chi connectivity index (χ0v) is 34.9. The summed E-state index contributed by atoms with van der Waals surface area (Å²) in [4.78, 5) is 2.39. The summed E-state index contributed by atoms with van der Waals surface area (Å²) < 4.78 is 8.81. The van der Waals surface area contributed by atoms with E-state index in [9.17, 15) is 0 Å². The smallest absolute Gasteiger partial charge is 0.152 e. The van der Waals surface area contributed by atoms with Crippen LogP contribution in [0.5, 0.6) is 11.5 Å². The molecule has 300 valence electrons. The summed E-state index contributed by atoms with van der Waals surface area (Å²) in [7, 11) is 0. The van der Waals surface area contributed by atoms with E-state index in [-0.39, 0.29) is 0 Å². The molecule has 0 bridgehead atoms. The second-order valence-electron chi connectivity index (χ2n) is 16.8.